The van der Waals surface area contributed by atoms with Crippen molar-refractivity contribution in [3.63, 3.8) is 0 Å². The summed E-state index contributed by atoms with van der Waals surface area (Å²) >= 11 is 2.22. The number of carbonyl (C=O) groups is 3. The highest BCUT2D eigenvalue weighted by Crippen LogP contribution is 2.43. The zero-order valence-corrected chi connectivity index (χ0v) is 19.0. The van der Waals surface area contributed by atoms with Gasteiger partial charge in [0.1, 0.15) is 22.5 Å². The SMILES string of the molecule is Cc1ccc(C(O)C(=O)NC2C(=O)N3C(C(=O)O)=C(C(O)Sc4ccccn4)CS[C@@H]23)cc1. The number of rotatable bonds is 7. The molecule has 0 aliphatic carbocycles. The van der Waals surface area contributed by atoms with Crippen molar-refractivity contribution in [2.75, 3.05) is 5.75 Å². The molecule has 0 spiro atoms. The predicted molar refractivity (Wildman–Crippen MR) is 122 cm³/mol. The Morgan fingerprint density at radius 2 is 1.94 bits per heavy atom. The second-order valence-corrected chi connectivity index (χ2v) is 9.73. The van der Waals surface area contributed by atoms with Gasteiger partial charge in [-0.2, -0.15) is 0 Å². The van der Waals surface area contributed by atoms with Gasteiger partial charge in [-0.05, 0) is 24.6 Å². The highest BCUT2D eigenvalue weighted by Gasteiger charge is 2.55. The number of carboxylic acid groups (broad SMARTS) is 1. The number of carboxylic acids is 1. The van der Waals surface area contributed by atoms with Gasteiger partial charge in [-0.25, -0.2) is 9.78 Å². The molecule has 0 bridgehead atoms. The Kier molecular flexibility index (Phi) is 6.75. The third-order valence-corrected chi connectivity index (χ3v) is 7.60. The second kappa shape index (κ2) is 9.56. The van der Waals surface area contributed by atoms with Crippen LogP contribution in [0.15, 0.2) is 65.0 Å². The molecule has 2 aliphatic heterocycles. The fraction of sp³-hybridized carbons (Fsp3) is 0.273. The average molecular weight is 488 g/mol. The summed E-state index contributed by atoms with van der Waals surface area (Å²) in [6, 6.07) is 11.0. The summed E-state index contributed by atoms with van der Waals surface area (Å²) in [6.07, 6.45) is 0.104. The Morgan fingerprint density at radius 1 is 1.21 bits per heavy atom. The number of benzene rings is 1. The fourth-order valence-corrected chi connectivity index (χ4v) is 5.90. The average Bonchev–Trinajstić information content (AvgIpc) is 2.81. The molecule has 0 saturated carbocycles. The second-order valence-electron chi connectivity index (χ2n) is 7.53. The summed E-state index contributed by atoms with van der Waals surface area (Å²) in [5.74, 6) is -2.53. The van der Waals surface area contributed by atoms with Gasteiger partial charge in [0.05, 0.1) is 5.03 Å². The molecule has 0 radical (unpaired) electrons. The number of hydrogen-bond donors (Lipinski definition) is 4. The van der Waals surface area contributed by atoms with Crippen LogP contribution in [0, 0.1) is 6.92 Å². The van der Waals surface area contributed by atoms with E-state index in [0.29, 0.717) is 10.6 Å². The van der Waals surface area contributed by atoms with E-state index in [1.54, 1.807) is 48.7 Å². The number of aryl methyl sites for hydroxylation is 1. The van der Waals surface area contributed by atoms with Gasteiger partial charge < -0.3 is 20.6 Å². The Balaban J connectivity index is 1.49. The molecule has 1 aromatic heterocycles. The first kappa shape index (κ1) is 23.3. The molecule has 2 aromatic rings. The molecule has 4 atom stereocenters. The molecule has 4 rings (SSSR count). The van der Waals surface area contributed by atoms with Crippen LogP contribution in [0.2, 0.25) is 0 Å². The Bertz CT molecular complexity index is 1110. The molecule has 33 heavy (non-hydrogen) atoms. The molecule has 1 aromatic carbocycles. The topological polar surface area (TPSA) is 140 Å². The van der Waals surface area contributed by atoms with E-state index < -0.39 is 40.7 Å². The van der Waals surface area contributed by atoms with Gasteiger partial charge in [0, 0.05) is 17.5 Å². The lowest BCUT2D eigenvalue weighted by Gasteiger charge is -2.49. The molecule has 3 heterocycles. The van der Waals surface area contributed by atoms with Gasteiger partial charge >= 0.3 is 5.97 Å². The van der Waals surface area contributed by atoms with E-state index in [0.717, 1.165) is 22.2 Å². The molecule has 1 fully saturated rings. The molecule has 172 valence electrons. The zero-order chi connectivity index (χ0) is 23.7. The maximum absolute atomic E-state index is 12.8. The monoisotopic (exact) mass is 487 g/mol. The summed E-state index contributed by atoms with van der Waals surface area (Å²) in [6.45, 7) is 1.88. The molecule has 2 aliphatic rings. The highest BCUT2D eigenvalue weighted by atomic mass is 32.2. The number of nitrogens with one attached hydrogen (secondary N) is 1. The van der Waals surface area contributed by atoms with E-state index in [2.05, 4.69) is 10.3 Å². The third kappa shape index (κ3) is 4.62. The number of β-lactam (4-membered cyclic amide) rings is 1. The number of aliphatic carboxylic acids is 1. The Labute approximate surface area is 197 Å². The summed E-state index contributed by atoms with van der Waals surface area (Å²) in [7, 11) is 0. The predicted octanol–water partition coefficient (Wildman–Crippen LogP) is 1.27. The smallest absolute Gasteiger partial charge is 0.352 e. The molecular weight excluding hydrogens is 466 g/mol. The molecular formula is C22H21N3O6S2. The number of aliphatic hydroxyl groups is 2. The lowest BCUT2D eigenvalue weighted by molar-refractivity contribution is -0.151. The summed E-state index contributed by atoms with van der Waals surface area (Å²) in [4.78, 5) is 42.5. The van der Waals surface area contributed by atoms with Crippen LogP contribution < -0.4 is 5.32 Å². The van der Waals surface area contributed by atoms with Crippen molar-refractivity contribution < 1.29 is 29.7 Å². The molecule has 4 N–H and O–H groups in total. The van der Waals surface area contributed by atoms with E-state index in [4.69, 9.17) is 0 Å². The quantitative estimate of drug-likeness (QED) is 0.258. The van der Waals surface area contributed by atoms with Crippen LogP contribution in [-0.2, 0) is 14.4 Å². The van der Waals surface area contributed by atoms with Gasteiger partial charge in [0.2, 0.25) is 0 Å². The van der Waals surface area contributed by atoms with E-state index >= 15 is 0 Å². The third-order valence-electron chi connectivity index (χ3n) is 5.31. The first-order valence-corrected chi connectivity index (χ1v) is 11.9. The number of aromatic nitrogens is 1. The standard InChI is InChI=1S/C22H21N3O6S2/c1-11-5-7-12(8-6-11)17(26)18(27)24-15-19(28)25-16(21(29)30)13(10-32-20(15)25)22(31)33-14-4-2-3-9-23-14/h2-9,15,17,20,22,26,31H,10H2,1H3,(H,24,27)(H,29,30)/t15?,17?,20-,22?/m0/s1. The van der Waals surface area contributed by atoms with Crippen LogP contribution in [-0.4, -0.2) is 65.6 Å². The molecule has 9 nitrogen and oxygen atoms in total. The Morgan fingerprint density at radius 3 is 2.58 bits per heavy atom. The van der Waals surface area contributed by atoms with Crippen molar-refractivity contribution in [2.24, 2.45) is 0 Å². The van der Waals surface area contributed by atoms with Crippen LogP contribution in [0.1, 0.15) is 17.2 Å². The van der Waals surface area contributed by atoms with Crippen molar-refractivity contribution in [3.05, 3.63) is 71.1 Å². The number of hydrogen-bond acceptors (Lipinski definition) is 8. The number of thioether (sulfide) groups is 2. The van der Waals surface area contributed by atoms with Crippen molar-refractivity contribution in [1.29, 1.82) is 0 Å². The van der Waals surface area contributed by atoms with E-state index in [1.165, 1.54) is 11.8 Å². The maximum Gasteiger partial charge on any atom is 0.352 e. The van der Waals surface area contributed by atoms with Crippen molar-refractivity contribution in [3.8, 4) is 0 Å². The largest absolute Gasteiger partial charge is 0.477 e. The minimum atomic E-state index is -1.46. The lowest BCUT2D eigenvalue weighted by Crippen LogP contribution is -2.71. The molecule has 2 amide bonds. The summed E-state index contributed by atoms with van der Waals surface area (Å²) in [5.41, 5.74) is 0.0637. The van der Waals surface area contributed by atoms with Crippen LogP contribution in [0.3, 0.4) is 0 Å². The van der Waals surface area contributed by atoms with Gasteiger partial charge in [-0.1, -0.05) is 47.7 Å². The Hall–Kier alpha value is -2.86. The first-order chi connectivity index (χ1) is 15.8. The maximum atomic E-state index is 12.8. The minimum absolute atomic E-state index is 0.157. The number of nitrogens with zero attached hydrogens (tertiary/aromatic N) is 2. The van der Waals surface area contributed by atoms with Gasteiger partial charge in [-0.15, -0.1) is 11.8 Å². The molecule has 3 unspecified atom stereocenters. The summed E-state index contributed by atoms with van der Waals surface area (Å²) in [5, 5.41) is 33.1. The van der Waals surface area contributed by atoms with Crippen molar-refractivity contribution >= 4 is 41.3 Å². The normalized spacial score (nSPS) is 21.7. The zero-order valence-electron chi connectivity index (χ0n) is 17.4. The van der Waals surface area contributed by atoms with Gasteiger partial charge in [-0.3, -0.25) is 14.5 Å². The van der Waals surface area contributed by atoms with Crippen LogP contribution in [0.5, 0.6) is 0 Å². The lowest BCUT2D eigenvalue weighted by atomic mass is 10.0. The fourth-order valence-electron chi connectivity index (χ4n) is 3.57. The number of pyridine rings is 1. The van der Waals surface area contributed by atoms with Crippen LogP contribution in [0.25, 0.3) is 0 Å². The van der Waals surface area contributed by atoms with E-state index in [-0.39, 0.29) is 17.0 Å². The number of carbonyl (C=O) groups excluding carboxylic acids is 2. The van der Waals surface area contributed by atoms with E-state index in [1.807, 2.05) is 6.92 Å². The van der Waals surface area contributed by atoms with Gasteiger partial charge in [0.15, 0.2) is 6.10 Å². The van der Waals surface area contributed by atoms with Gasteiger partial charge in [0.25, 0.3) is 11.8 Å². The van der Waals surface area contributed by atoms with E-state index in [9.17, 15) is 29.7 Å². The number of aliphatic hydroxyl groups excluding tert-OH is 2. The summed E-state index contributed by atoms with van der Waals surface area (Å²) < 4.78 is 0. The van der Waals surface area contributed by atoms with Crippen molar-refractivity contribution in [1.82, 2.24) is 15.2 Å². The first-order valence-electron chi connectivity index (χ1n) is 9.99. The van der Waals surface area contributed by atoms with Crippen LogP contribution >= 0.6 is 23.5 Å². The minimum Gasteiger partial charge on any atom is -0.477 e. The molecule has 1 saturated heterocycles. The number of fused-ring (bicyclic) bond motifs is 1. The van der Waals surface area contributed by atoms with Crippen LogP contribution in [0.4, 0.5) is 0 Å². The molecule has 11 heteroatoms. The number of amides is 2. The van der Waals surface area contributed by atoms with Crippen molar-refractivity contribution in [2.45, 2.75) is 34.9 Å². The highest BCUT2D eigenvalue weighted by molar-refractivity contribution is 8.01.